The van der Waals surface area contributed by atoms with Crippen LogP contribution in [-0.4, -0.2) is 0 Å². The third-order valence-electron chi connectivity index (χ3n) is 4.68. The zero-order valence-electron chi connectivity index (χ0n) is 16.7. The van der Waals surface area contributed by atoms with Crippen LogP contribution in [-0.2, 0) is 13.2 Å². The van der Waals surface area contributed by atoms with E-state index in [1.54, 1.807) is 0 Å². The second kappa shape index (κ2) is 10.4. The molecular weight excluding hydrogens is 474 g/mol. The molecule has 0 bridgehead atoms. The van der Waals surface area contributed by atoms with Crippen LogP contribution in [0, 0.1) is 0 Å². The highest BCUT2D eigenvalue weighted by molar-refractivity contribution is 9.10. The summed E-state index contributed by atoms with van der Waals surface area (Å²) < 4.78 is 12.9. The van der Waals surface area contributed by atoms with Gasteiger partial charge in [0.15, 0.2) is 0 Å². The van der Waals surface area contributed by atoms with Gasteiger partial charge in [-0.05, 0) is 60.7 Å². The van der Waals surface area contributed by atoms with Gasteiger partial charge in [-0.15, -0.1) is 0 Å². The first-order valence-electron chi connectivity index (χ1n) is 9.89. The maximum atomic E-state index is 6.25. The zero-order valence-corrected chi connectivity index (χ0v) is 19.1. The smallest absolute Gasteiger partial charge is 0.127 e. The molecule has 4 aromatic carbocycles. The molecule has 156 valence electrons. The second-order valence-electron chi connectivity index (χ2n) is 6.93. The monoisotopic (exact) mass is 493 g/mol. The molecular formula is C26H21BrClNO2. The van der Waals surface area contributed by atoms with Crippen molar-refractivity contribution in [2.24, 2.45) is 0 Å². The summed E-state index contributed by atoms with van der Waals surface area (Å²) in [6.07, 6.45) is 0. The van der Waals surface area contributed by atoms with Crippen molar-refractivity contribution in [2.45, 2.75) is 13.2 Å². The predicted octanol–water partition coefficient (Wildman–Crippen LogP) is 8.09. The molecule has 0 heterocycles. The van der Waals surface area contributed by atoms with Crippen molar-refractivity contribution in [1.29, 1.82) is 0 Å². The lowest BCUT2D eigenvalue weighted by Gasteiger charge is -2.14. The Kier molecular flexibility index (Phi) is 7.13. The van der Waals surface area contributed by atoms with Crippen LogP contribution in [0.5, 0.6) is 17.2 Å². The Hall–Kier alpha value is -2.95. The van der Waals surface area contributed by atoms with Gasteiger partial charge in [-0.3, -0.25) is 0 Å². The first-order valence-corrected chi connectivity index (χ1v) is 11.1. The van der Waals surface area contributed by atoms with Crippen molar-refractivity contribution in [1.82, 2.24) is 0 Å². The molecule has 0 radical (unpaired) electrons. The lowest BCUT2D eigenvalue weighted by atomic mass is 10.2. The van der Waals surface area contributed by atoms with Gasteiger partial charge in [0, 0.05) is 32.9 Å². The quantitative estimate of drug-likeness (QED) is 0.268. The number of nitrogens with one attached hydrogen (secondary N) is 1. The highest BCUT2D eigenvalue weighted by Crippen LogP contribution is 2.27. The summed E-state index contributed by atoms with van der Waals surface area (Å²) >= 11 is 9.80. The minimum atomic E-state index is 0.416. The molecule has 1 N–H and O–H groups in total. The average molecular weight is 495 g/mol. The minimum absolute atomic E-state index is 0.416. The average Bonchev–Trinajstić information content (AvgIpc) is 2.80. The van der Waals surface area contributed by atoms with E-state index in [2.05, 4.69) is 27.3 Å². The van der Waals surface area contributed by atoms with E-state index < -0.39 is 0 Å². The number of hydrogen-bond acceptors (Lipinski definition) is 3. The minimum Gasteiger partial charge on any atom is -0.488 e. The van der Waals surface area contributed by atoms with Gasteiger partial charge >= 0.3 is 0 Å². The molecule has 0 saturated heterocycles. The molecule has 31 heavy (non-hydrogen) atoms. The van der Waals surface area contributed by atoms with Crippen LogP contribution in [0.25, 0.3) is 0 Å². The van der Waals surface area contributed by atoms with Gasteiger partial charge in [-0.2, -0.15) is 0 Å². The maximum absolute atomic E-state index is 6.25. The zero-order chi connectivity index (χ0) is 21.5. The molecule has 3 nitrogen and oxygen atoms in total. The molecule has 0 spiro atoms. The molecule has 0 unspecified atom stereocenters. The number of benzene rings is 4. The van der Waals surface area contributed by atoms with Crippen LogP contribution < -0.4 is 14.8 Å². The normalized spacial score (nSPS) is 10.5. The van der Waals surface area contributed by atoms with Gasteiger partial charge in [-0.25, -0.2) is 0 Å². The fraction of sp³-hybridized carbons (Fsp3) is 0.0769. The summed E-state index contributed by atoms with van der Waals surface area (Å²) in [5, 5.41) is 4.15. The SMILES string of the molecule is Clc1ccccc1COc1ccc(Br)cc1CNc1ccc(Oc2ccccc2)cc1. The molecule has 0 atom stereocenters. The summed E-state index contributed by atoms with van der Waals surface area (Å²) in [5.74, 6) is 2.43. The van der Waals surface area contributed by atoms with E-state index in [9.17, 15) is 0 Å². The van der Waals surface area contributed by atoms with Gasteiger partial charge in [0.2, 0.25) is 0 Å². The van der Waals surface area contributed by atoms with Crippen LogP contribution in [0.3, 0.4) is 0 Å². The Bertz CT molecular complexity index is 1130. The summed E-state index contributed by atoms with van der Waals surface area (Å²) in [6.45, 7) is 1.04. The van der Waals surface area contributed by atoms with Crippen molar-refractivity contribution in [2.75, 3.05) is 5.32 Å². The number of hydrogen-bond donors (Lipinski definition) is 1. The number of ether oxygens (including phenoxy) is 2. The van der Waals surface area contributed by atoms with Crippen LogP contribution >= 0.6 is 27.5 Å². The molecule has 5 heteroatoms. The van der Waals surface area contributed by atoms with Crippen molar-refractivity contribution in [3.63, 3.8) is 0 Å². The first-order chi connectivity index (χ1) is 15.2. The molecule has 0 amide bonds. The molecule has 4 rings (SSSR count). The lowest BCUT2D eigenvalue weighted by Crippen LogP contribution is -2.04. The number of para-hydroxylation sites is 1. The van der Waals surface area contributed by atoms with E-state index in [0.29, 0.717) is 18.2 Å². The highest BCUT2D eigenvalue weighted by atomic mass is 79.9. The fourth-order valence-electron chi connectivity index (χ4n) is 3.06. The van der Waals surface area contributed by atoms with Gasteiger partial charge in [0.25, 0.3) is 0 Å². The highest BCUT2D eigenvalue weighted by Gasteiger charge is 2.07. The number of halogens is 2. The molecule has 0 aliphatic carbocycles. The third-order valence-corrected chi connectivity index (χ3v) is 5.54. The Labute approximate surface area is 195 Å². The summed E-state index contributed by atoms with van der Waals surface area (Å²) in [4.78, 5) is 0. The van der Waals surface area contributed by atoms with Crippen LogP contribution in [0.1, 0.15) is 11.1 Å². The number of rotatable bonds is 8. The first kappa shape index (κ1) is 21.3. The van der Waals surface area contributed by atoms with Crippen LogP contribution in [0.4, 0.5) is 5.69 Å². The van der Waals surface area contributed by atoms with Gasteiger partial charge in [0.1, 0.15) is 23.9 Å². The lowest BCUT2D eigenvalue weighted by molar-refractivity contribution is 0.303. The molecule has 0 aliphatic rings. The Morgan fingerprint density at radius 2 is 1.45 bits per heavy atom. The van der Waals surface area contributed by atoms with E-state index in [1.807, 2.05) is 91.0 Å². The summed E-state index contributed by atoms with van der Waals surface area (Å²) in [7, 11) is 0. The third kappa shape index (κ3) is 6.03. The fourth-order valence-corrected chi connectivity index (χ4v) is 3.66. The van der Waals surface area contributed by atoms with Gasteiger partial charge < -0.3 is 14.8 Å². The van der Waals surface area contributed by atoms with Gasteiger partial charge in [0.05, 0.1) is 0 Å². The van der Waals surface area contributed by atoms with E-state index in [4.69, 9.17) is 21.1 Å². The van der Waals surface area contributed by atoms with Crippen molar-refractivity contribution < 1.29 is 9.47 Å². The maximum Gasteiger partial charge on any atom is 0.127 e. The van der Waals surface area contributed by atoms with Crippen molar-refractivity contribution in [3.05, 3.63) is 118 Å². The van der Waals surface area contributed by atoms with E-state index in [-0.39, 0.29) is 0 Å². The van der Waals surface area contributed by atoms with E-state index in [1.165, 1.54) is 0 Å². The summed E-state index contributed by atoms with van der Waals surface area (Å²) in [5.41, 5.74) is 3.00. The summed E-state index contributed by atoms with van der Waals surface area (Å²) in [6, 6.07) is 31.4. The largest absolute Gasteiger partial charge is 0.488 e. The van der Waals surface area contributed by atoms with E-state index >= 15 is 0 Å². The molecule has 0 saturated carbocycles. The number of anilines is 1. The Morgan fingerprint density at radius 1 is 0.742 bits per heavy atom. The molecule has 4 aromatic rings. The Balaban J connectivity index is 1.40. The molecule has 0 fully saturated rings. The van der Waals surface area contributed by atoms with Crippen molar-refractivity contribution in [3.8, 4) is 17.2 Å². The van der Waals surface area contributed by atoms with Crippen LogP contribution in [0.15, 0.2) is 102 Å². The second-order valence-corrected chi connectivity index (χ2v) is 8.25. The predicted molar refractivity (Wildman–Crippen MR) is 130 cm³/mol. The van der Waals surface area contributed by atoms with Crippen molar-refractivity contribution >= 4 is 33.2 Å². The van der Waals surface area contributed by atoms with Gasteiger partial charge in [-0.1, -0.05) is 63.9 Å². The van der Waals surface area contributed by atoms with E-state index in [0.717, 1.165) is 38.5 Å². The van der Waals surface area contributed by atoms with Crippen LogP contribution in [0.2, 0.25) is 5.02 Å². The standard InChI is InChI=1S/C26H21BrClNO2/c27-21-10-15-26(30-18-19-6-4-5-9-25(19)28)20(16-21)17-29-22-11-13-24(14-12-22)31-23-7-2-1-3-8-23/h1-16,29H,17-18H2. The molecule has 0 aromatic heterocycles. The topological polar surface area (TPSA) is 30.5 Å². The Morgan fingerprint density at radius 3 is 2.23 bits per heavy atom. The molecule has 0 aliphatic heterocycles.